The zero-order chi connectivity index (χ0) is 18.7. The quantitative estimate of drug-likeness (QED) is 0.497. The molecule has 0 radical (unpaired) electrons. The number of nitriles is 2. The van der Waals surface area contributed by atoms with Crippen LogP contribution >= 0.6 is 0 Å². The van der Waals surface area contributed by atoms with Crippen LogP contribution in [0.3, 0.4) is 0 Å². The van der Waals surface area contributed by atoms with E-state index in [-0.39, 0.29) is 35.3 Å². The molecule has 2 saturated heterocycles. The van der Waals surface area contributed by atoms with Crippen LogP contribution in [0, 0.1) is 34.5 Å². The predicted molar refractivity (Wildman–Crippen MR) is 93.7 cm³/mol. The molecule has 0 spiro atoms. The van der Waals surface area contributed by atoms with Crippen molar-refractivity contribution in [1.82, 2.24) is 5.32 Å². The number of hydrogen-bond acceptors (Lipinski definition) is 6. The Hall–Kier alpha value is -2.83. The van der Waals surface area contributed by atoms with Crippen LogP contribution in [-0.4, -0.2) is 25.2 Å². The zero-order valence-electron chi connectivity index (χ0n) is 14.7. The van der Waals surface area contributed by atoms with E-state index in [9.17, 15) is 15.3 Å². The van der Waals surface area contributed by atoms with Crippen molar-refractivity contribution in [1.29, 1.82) is 10.5 Å². The minimum atomic E-state index is -0.519. The number of nitrogens with one attached hydrogen (secondary N) is 1. The van der Waals surface area contributed by atoms with Gasteiger partial charge in [-0.15, -0.1) is 6.58 Å². The zero-order valence-corrected chi connectivity index (χ0v) is 14.7. The summed E-state index contributed by atoms with van der Waals surface area (Å²) >= 11 is 0. The second-order valence-electron chi connectivity index (χ2n) is 6.71. The fourth-order valence-electron chi connectivity index (χ4n) is 4.31. The first-order chi connectivity index (χ1) is 12.6. The molecule has 0 unspecified atom stereocenters. The van der Waals surface area contributed by atoms with Crippen LogP contribution in [0.1, 0.15) is 35.6 Å². The van der Waals surface area contributed by atoms with Gasteiger partial charge in [0.2, 0.25) is 5.76 Å². The lowest BCUT2D eigenvalue weighted by atomic mass is 9.73. The van der Waals surface area contributed by atoms with Crippen molar-refractivity contribution in [3.63, 3.8) is 0 Å². The van der Waals surface area contributed by atoms with Crippen LogP contribution in [0.5, 0.6) is 0 Å². The van der Waals surface area contributed by atoms with Crippen molar-refractivity contribution in [3.05, 3.63) is 47.5 Å². The topological polar surface area (TPSA) is 99.1 Å². The van der Waals surface area contributed by atoms with E-state index in [1.165, 1.54) is 7.11 Å². The summed E-state index contributed by atoms with van der Waals surface area (Å²) in [7, 11) is 1.31. The number of carbonyl (C=O) groups is 1. The Bertz CT molecular complexity index is 808. The van der Waals surface area contributed by atoms with Gasteiger partial charge < -0.3 is 14.5 Å². The molecule has 6 heteroatoms. The predicted octanol–water partition coefficient (Wildman–Crippen LogP) is 2.90. The first kappa shape index (κ1) is 18.0. The molecule has 0 saturated carbocycles. The van der Waals surface area contributed by atoms with E-state index in [0.717, 1.165) is 18.4 Å². The van der Waals surface area contributed by atoms with Crippen LogP contribution in [0.4, 0.5) is 0 Å². The van der Waals surface area contributed by atoms with Crippen molar-refractivity contribution in [2.75, 3.05) is 7.11 Å². The normalized spacial score (nSPS) is 26.7. The summed E-state index contributed by atoms with van der Waals surface area (Å²) in [5.74, 6) is 0.344. The van der Waals surface area contributed by atoms with E-state index in [1.807, 2.05) is 6.08 Å². The molecule has 26 heavy (non-hydrogen) atoms. The largest absolute Gasteiger partial charge is 0.463 e. The lowest BCUT2D eigenvalue weighted by Gasteiger charge is -2.39. The van der Waals surface area contributed by atoms with Gasteiger partial charge in [0.15, 0.2) is 0 Å². The molecule has 2 aliphatic rings. The minimum absolute atomic E-state index is 0.0235. The van der Waals surface area contributed by atoms with E-state index < -0.39 is 5.97 Å². The molecule has 2 aliphatic heterocycles. The third-order valence-corrected chi connectivity index (χ3v) is 5.39. The number of fused-ring (bicyclic) bond motifs is 2. The average Bonchev–Trinajstić information content (AvgIpc) is 3.29. The molecule has 1 N–H and O–H groups in total. The molecule has 134 valence electrons. The Morgan fingerprint density at radius 2 is 2.04 bits per heavy atom. The summed E-state index contributed by atoms with van der Waals surface area (Å²) in [6, 6.07) is 7.97. The number of carbonyl (C=O) groups excluding carboxylic acids is 1. The van der Waals surface area contributed by atoms with Crippen LogP contribution in [-0.2, 0) is 11.2 Å². The smallest absolute Gasteiger partial charge is 0.373 e. The molecule has 0 aromatic carbocycles. The molecule has 1 aromatic rings. The number of hydrogen-bond donors (Lipinski definition) is 1. The Morgan fingerprint density at radius 1 is 1.35 bits per heavy atom. The number of rotatable bonds is 5. The van der Waals surface area contributed by atoms with Gasteiger partial charge in [-0.25, -0.2) is 4.79 Å². The number of furan rings is 1. The van der Waals surface area contributed by atoms with E-state index >= 15 is 0 Å². The van der Waals surface area contributed by atoms with Gasteiger partial charge in [-0.2, -0.15) is 10.5 Å². The maximum atomic E-state index is 11.6. The second kappa shape index (κ2) is 7.59. The van der Waals surface area contributed by atoms with Gasteiger partial charge in [-0.05, 0) is 37.0 Å². The van der Waals surface area contributed by atoms with Crippen molar-refractivity contribution in [2.45, 2.75) is 37.8 Å². The van der Waals surface area contributed by atoms with E-state index in [4.69, 9.17) is 4.42 Å². The average molecular weight is 351 g/mol. The molecule has 2 bridgehead atoms. The van der Waals surface area contributed by atoms with E-state index in [0.29, 0.717) is 18.6 Å². The molecule has 2 fully saturated rings. The molecule has 3 rings (SSSR count). The second-order valence-corrected chi connectivity index (χ2v) is 6.71. The standard InChI is InChI=1S/C20H21N3O3/c1-3-4-14-16-6-7-17(23-16)15(19(14)12(10-21)11-22)9-13-5-8-18(26-13)20(24)25-2/h3,5,8,14-17,23H,1,4,6-7,9H2,2H3/t14-,15+,16-,17+/m0/s1. The Labute approximate surface area is 152 Å². The molecule has 4 atom stereocenters. The molecule has 1 aromatic heterocycles. The molecular weight excluding hydrogens is 330 g/mol. The number of methoxy groups -OCH3 is 1. The van der Waals surface area contributed by atoms with Crippen LogP contribution in [0.2, 0.25) is 0 Å². The summed E-state index contributed by atoms with van der Waals surface area (Å²) in [6.45, 7) is 3.84. The van der Waals surface area contributed by atoms with E-state index in [2.05, 4.69) is 28.8 Å². The van der Waals surface area contributed by atoms with Crippen LogP contribution < -0.4 is 5.32 Å². The SMILES string of the molecule is C=CC[C@@H]1C(=C(C#N)C#N)[C@H](Cc2ccc(C(=O)OC)o2)[C@H]2CC[C@@H]1N2. The van der Waals surface area contributed by atoms with Gasteiger partial charge in [-0.3, -0.25) is 0 Å². The highest BCUT2D eigenvalue weighted by molar-refractivity contribution is 5.86. The third kappa shape index (κ3) is 3.16. The first-order valence-corrected chi connectivity index (χ1v) is 8.71. The summed E-state index contributed by atoms with van der Waals surface area (Å²) in [5.41, 5.74) is 1.09. The number of nitrogens with zero attached hydrogens (tertiary/aromatic N) is 2. The van der Waals surface area contributed by atoms with Crippen LogP contribution in [0.25, 0.3) is 0 Å². The van der Waals surface area contributed by atoms with Gasteiger partial charge in [0.25, 0.3) is 0 Å². The van der Waals surface area contributed by atoms with Crippen molar-refractivity contribution in [3.8, 4) is 12.1 Å². The summed E-state index contributed by atoms with van der Waals surface area (Å²) in [4.78, 5) is 11.6. The molecule has 0 amide bonds. The fourth-order valence-corrected chi connectivity index (χ4v) is 4.31. The summed E-state index contributed by atoms with van der Waals surface area (Å²) in [5, 5.41) is 22.6. The van der Waals surface area contributed by atoms with E-state index in [1.54, 1.807) is 12.1 Å². The Balaban J connectivity index is 1.97. The van der Waals surface area contributed by atoms with Gasteiger partial charge in [0.1, 0.15) is 23.5 Å². The maximum absolute atomic E-state index is 11.6. The van der Waals surface area contributed by atoms with Crippen molar-refractivity contribution < 1.29 is 13.9 Å². The lowest BCUT2D eigenvalue weighted by molar-refractivity contribution is 0.0562. The van der Waals surface area contributed by atoms with Gasteiger partial charge in [-0.1, -0.05) is 6.08 Å². The van der Waals surface area contributed by atoms with Crippen molar-refractivity contribution >= 4 is 5.97 Å². The first-order valence-electron chi connectivity index (χ1n) is 8.71. The number of piperidine rings is 1. The van der Waals surface area contributed by atoms with Crippen molar-refractivity contribution in [2.24, 2.45) is 11.8 Å². The highest BCUT2D eigenvalue weighted by Gasteiger charge is 2.45. The van der Waals surface area contributed by atoms with Gasteiger partial charge in [0.05, 0.1) is 7.11 Å². The minimum Gasteiger partial charge on any atom is -0.463 e. The Morgan fingerprint density at radius 3 is 2.65 bits per heavy atom. The third-order valence-electron chi connectivity index (χ3n) is 5.39. The fraction of sp³-hybridized carbons (Fsp3) is 0.450. The maximum Gasteiger partial charge on any atom is 0.373 e. The molecule has 6 nitrogen and oxygen atoms in total. The Kier molecular flexibility index (Phi) is 5.25. The molecular formula is C20H21N3O3. The highest BCUT2D eigenvalue weighted by atomic mass is 16.5. The number of ether oxygens (including phenoxy) is 1. The highest BCUT2D eigenvalue weighted by Crippen LogP contribution is 2.44. The number of esters is 1. The summed E-state index contributed by atoms with van der Waals surface area (Å²) < 4.78 is 10.3. The van der Waals surface area contributed by atoms with Gasteiger partial charge >= 0.3 is 5.97 Å². The monoisotopic (exact) mass is 351 g/mol. The molecule has 3 heterocycles. The van der Waals surface area contributed by atoms with Gasteiger partial charge in [0, 0.05) is 30.3 Å². The van der Waals surface area contributed by atoms with Crippen LogP contribution in [0.15, 0.2) is 40.4 Å². The lowest BCUT2D eigenvalue weighted by Crippen LogP contribution is -2.48. The molecule has 0 aliphatic carbocycles. The number of allylic oxidation sites excluding steroid dienone is 2. The summed E-state index contributed by atoms with van der Waals surface area (Å²) in [6.07, 6.45) is 5.09.